The highest BCUT2D eigenvalue weighted by Crippen LogP contribution is 2.32. The Kier molecular flexibility index (Phi) is 33.2. The van der Waals surface area contributed by atoms with Crippen LogP contribution in [0.4, 0.5) is 0 Å². The Balaban J connectivity index is 0.589. The number of phenolic OH excluding ortho intramolecular Hbond substituents is 1. The molecule has 22 N–H and O–H groups in total. The summed E-state index contributed by atoms with van der Waals surface area (Å²) in [6.45, 7) is 11.8. The van der Waals surface area contributed by atoms with Crippen molar-refractivity contribution < 1.29 is 72.2 Å². The van der Waals surface area contributed by atoms with Crippen LogP contribution in [-0.2, 0) is 86.4 Å². The van der Waals surface area contributed by atoms with Crippen LogP contribution in [0, 0.1) is 71.0 Å². The molecule has 3 aliphatic carbocycles. The van der Waals surface area contributed by atoms with E-state index >= 15 is 0 Å². The standard InChI is InChI=1S/C94H132N20O15/c1-50(2)29-58(38-102-88(123)64-16-10-21-74(64)107-82(117)34-60(32-54-23-26-55-13-6-7-14-56(55)31-54)105-90(125)66-18-12-20-73(66)104-52(5)115)86(121)111-78-46-98-42-69(78)93(128)113-80-48-97-41-68(80)91(126)106-61(33-57-37-101-72-19-9-8-15-63(57)72)35-83(118)108-75-22-11-17-65(75)89(124)103-39-59(30-53-24-27-62(116)28-25-53)87(122)112-79-47-99-43-70(79)94(129)114-81-49-100-44-71(81)92(127)110-76(51(3)4)36-84(119)109-77-45-96-40-67(77)85(95)120/h6-9,13-15,19,23-28,31,37,50-51,58-61,64-71,73-81,96-101,116H,10-12,16-18,20-22,29-30,32-36,38-49H2,1-5H3,(H2,95,120)(H,102,123)(H,103,124)(H,104,115)(H,105,125)(H,106,126)(H,107,117)(H,108,118)(H,109,119)(H,110,127)(H,111,121)(H,112,122)(H,113,128)(H,114,129)/t58-,59+,60+,61+,64?,65?,66?,67?,68?,69?,70?,71?,73?,74?,75?,76-,77?,78?,79?,80?,81?/m1/s1. The lowest BCUT2D eigenvalue weighted by atomic mass is 9.93. The van der Waals surface area contributed by atoms with Crippen LogP contribution in [-0.4, -0.2) is 238 Å². The highest BCUT2D eigenvalue weighted by Gasteiger charge is 2.46. The molecule has 35 heteroatoms. The number of carbonyl (C=O) groups is 14. The number of primary amides is 1. The van der Waals surface area contributed by atoms with Gasteiger partial charge >= 0.3 is 0 Å². The van der Waals surface area contributed by atoms with E-state index in [0.717, 1.165) is 39.2 Å². The molecule has 5 aliphatic heterocycles. The van der Waals surface area contributed by atoms with Gasteiger partial charge in [0.25, 0.3) is 0 Å². The Bertz CT molecular complexity index is 4830. The molecule has 5 aromatic rings. The number of nitrogens with one attached hydrogen (secondary N) is 19. The van der Waals surface area contributed by atoms with E-state index < -0.39 is 143 Å². The molecule has 1 aromatic heterocycles. The van der Waals surface area contributed by atoms with E-state index in [4.69, 9.17) is 5.73 Å². The van der Waals surface area contributed by atoms with Crippen molar-refractivity contribution in [3.8, 4) is 5.75 Å². The Morgan fingerprint density at radius 2 is 0.837 bits per heavy atom. The molecule has 13 rings (SSSR count). The number of aromatic hydroxyl groups is 1. The van der Waals surface area contributed by atoms with Crippen LogP contribution in [0.2, 0.25) is 0 Å². The third-order valence-corrected chi connectivity index (χ3v) is 27.6. The second-order valence-corrected chi connectivity index (χ2v) is 37.8. The van der Waals surface area contributed by atoms with Crippen molar-refractivity contribution in [3.05, 3.63) is 114 Å². The van der Waals surface area contributed by atoms with Gasteiger partial charge in [-0.2, -0.15) is 0 Å². The monoisotopic (exact) mass is 1780 g/mol. The smallest absolute Gasteiger partial charge is 0.226 e. The van der Waals surface area contributed by atoms with Crippen molar-refractivity contribution in [3.63, 3.8) is 0 Å². The Labute approximate surface area is 752 Å². The number of amides is 14. The van der Waals surface area contributed by atoms with Crippen molar-refractivity contribution in [2.75, 3.05) is 78.5 Å². The summed E-state index contributed by atoms with van der Waals surface area (Å²) in [5, 5.41) is 69.2. The van der Waals surface area contributed by atoms with Crippen molar-refractivity contribution in [1.82, 2.24) is 101 Å². The van der Waals surface area contributed by atoms with Crippen LogP contribution in [0.25, 0.3) is 21.7 Å². The zero-order chi connectivity index (χ0) is 91.5. The van der Waals surface area contributed by atoms with Gasteiger partial charge in [-0.05, 0) is 122 Å². The molecule has 0 spiro atoms. The topological polar surface area (TPSA) is 518 Å². The van der Waals surface area contributed by atoms with Gasteiger partial charge in [0.2, 0.25) is 82.7 Å². The molecular formula is C94H132N20O15. The number of rotatable bonds is 40. The molecule has 14 amide bonds. The fraction of sp³-hybridized carbons (Fsp3) is 0.596. The van der Waals surface area contributed by atoms with Crippen LogP contribution in [0.15, 0.2) is 97.2 Å². The largest absolute Gasteiger partial charge is 0.508 e. The normalized spacial score (nSPS) is 26.5. The number of nitrogens with two attached hydrogens (primary N) is 1. The predicted octanol–water partition coefficient (Wildman–Crippen LogP) is -0.273. The van der Waals surface area contributed by atoms with Crippen LogP contribution in [0.1, 0.15) is 135 Å². The Morgan fingerprint density at radius 1 is 0.403 bits per heavy atom. The molecule has 129 heavy (non-hydrogen) atoms. The molecule has 698 valence electrons. The van der Waals surface area contributed by atoms with E-state index in [1.165, 1.54) is 19.1 Å². The van der Waals surface area contributed by atoms with Gasteiger partial charge in [0.1, 0.15) is 5.75 Å². The summed E-state index contributed by atoms with van der Waals surface area (Å²) in [7, 11) is 0. The van der Waals surface area contributed by atoms with Gasteiger partial charge < -0.3 is 112 Å². The number of aromatic amines is 1. The van der Waals surface area contributed by atoms with Gasteiger partial charge in [-0.15, -0.1) is 0 Å². The number of aromatic nitrogens is 1. The van der Waals surface area contributed by atoms with Gasteiger partial charge in [0, 0.05) is 158 Å². The van der Waals surface area contributed by atoms with Gasteiger partial charge in [-0.3, -0.25) is 67.1 Å². The van der Waals surface area contributed by atoms with Gasteiger partial charge in [-0.25, -0.2) is 0 Å². The summed E-state index contributed by atoms with van der Waals surface area (Å²) < 4.78 is 0. The van der Waals surface area contributed by atoms with E-state index in [1.807, 2.05) is 94.6 Å². The van der Waals surface area contributed by atoms with Crippen LogP contribution in [0.5, 0.6) is 5.75 Å². The maximum atomic E-state index is 14.8. The number of carbonyl (C=O) groups excluding carboxylic acids is 14. The minimum absolute atomic E-state index is 0.0105. The van der Waals surface area contributed by atoms with E-state index in [9.17, 15) is 72.2 Å². The highest BCUT2D eigenvalue weighted by atomic mass is 16.3. The van der Waals surface area contributed by atoms with Gasteiger partial charge in [0.15, 0.2) is 0 Å². The van der Waals surface area contributed by atoms with Crippen LogP contribution in [0.3, 0.4) is 0 Å². The van der Waals surface area contributed by atoms with E-state index in [0.29, 0.717) is 89.4 Å². The average Bonchev–Trinajstić information content (AvgIpc) is 1.64. The summed E-state index contributed by atoms with van der Waals surface area (Å²) in [6, 6.07) is 21.7. The molecule has 35 nitrogen and oxygen atoms in total. The first-order chi connectivity index (χ1) is 62.0. The average molecular weight is 1780 g/mol. The molecular weight excluding hydrogens is 1650 g/mol. The second kappa shape index (κ2) is 44.9. The van der Waals surface area contributed by atoms with Crippen molar-refractivity contribution in [2.24, 2.45) is 76.7 Å². The molecule has 4 aromatic carbocycles. The number of hydrogen-bond acceptors (Lipinski definition) is 20. The predicted molar refractivity (Wildman–Crippen MR) is 483 cm³/mol. The van der Waals surface area contributed by atoms with E-state index in [-0.39, 0.29) is 174 Å². The lowest BCUT2D eigenvalue weighted by Crippen LogP contribution is -2.54. The van der Waals surface area contributed by atoms with Crippen LogP contribution < -0.4 is 101 Å². The molecule has 0 radical (unpaired) electrons. The number of para-hydroxylation sites is 1. The van der Waals surface area contributed by atoms with Gasteiger partial charge in [-0.1, -0.05) is 120 Å². The number of fused-ring (bicyclic) bond motifs is 2. The molecule has 8 aliphatic rings. The summed E-state index contributed by atoms with van der Waals surface area (Å²) in [5.41, 5.74) is 8.91. The molecule has 21 atom stereocenters. The zero-order valence-electron chi connectivity index (χ0n) is 74.6. The second-order valence-electron chi connectivity index (χ2n) is 37.8. The SMILES string of the molecule is CC(=O)NC1CCCC1C(=O)N[C@H](CC(=O)NC1CCCC1C(=O)NC[C@@H](CC(C)C)C(=O)NC1CNCC1C(=O)NC1CNCC1C(=O)N[C@H](CC(=O)NC1CCCC1C(=O)NC[C@H](Cc1ccc(O)cc1)C(=O)NC1CNCC1C(=O)NC1CNCC1C(=O)N[C@H](CC(=O)NC1CNCC1C(N)=O)C(C)C)Cc1c[nH]c2ccccc12)Cc1ccc2ccccc2c1. The lowest BCUT2D eigenvalue weighted by molar-refractivity contribution is -0.132. The number of H-pyrrole nitrogens is 1. The lowest BCUT2D eigenvalue weighted by Gasteiger charge is -2.28. The molecule has 5 saturated heterocycles. The van der Waals surface area contributed by atoms with Gasteiger partial charge in [0.05, 0.1) is 89.4 Å². The maximum Gasteiger partial charge on any atom is 0.226 e. The minimum Gasteiger partial charge on any atom is -0.508 e. The Morgan fingerprint density at radius 3 is 1.37 bits per heavy atom. The van der Waals surface area contributed by atoms with Crippen LogP contribution >= 0.6 is 0 Å². The fourth-order valence-corrected chi connectivity index (χ4v) is 20.4. The first kappa shape index (κ1) is 95.4. The highest BCUT2D eigenvalue weighted by molar-refractivity contribution is 5.91. The third-order valence-electron chi connectivity index (χ3n) is 27.6. The van der Waals surface area contributed by atoms with Crippen molar-refractivity contribution in [1.29, 1.82) is 0 Å². The summed E-state index contributed by atoms with van der Waals surface area (Å²) in [6.07, 6.45) is 8.12. The molecule has 3 saturated carbocycles. The molecule has 6 heterocycles. The summed E-state index contributed by atoms with van der Waals surface area (Å²) in [5.74, 6) is -11.8. The summed E-state index contributed by atoms with van der Waals surface area (Å²) in [4.78, 5) is 199. The minimum atomic E-state index is -0.868. The quantitative estimate of drug-likeness (QED) is 0.0240. The maximum absolute atomic E-state index is 14.8. The molecule has 8 fully saturated rings. The molecule has 16 unspecified atom stereocenters. The zero-order valence-corrected chi connectivity index (χ0v) is 74.6. The number of hydrogen-bond donors (Lipinski definition) is 21. The number of phenols is 1. The number of benzene rings is 4. The van der Waals surface area contributed by atoms with E-state index in [1.54, 1.807) is 12.1 Å². The molecule has 0 bridgehead atoms. The summed E-state index contributed by atoms with van der Waals surface area (Å²) >= 11 is 0. The Hall–Kier alpha value is -11.1. The van der Waals surface area contributed by atoms with Crippen molar-refractivity contribution in [2.45, 2.75) is 204 Å². The van der Waals surface area contributed by atoms with E-state index in [2.05, 4.69) is 107 Å². The third kappa shape index (κ3) is 25.7. The first-order valence-corrected chi connectivity index (χ1v) is 46.5. The fourth-order valence-electron chi connectivity index (χ4n) is 20.4. The first-order valence-electron chi connectivity index (χ1n) is 46.5. The van der Waals surface area contributed by atoms with Crippen molar-refractivity contribution >= 4 is 104 Å².